The molecule has 3 amide bonds. The Kier molecular flexibility index (Phi) is 10.5. The molecule has 27 heavy (non-hydrogen) atoms. The quantitative estimate of drug-likeness (QED) is 0.198. The van der Waals surface area contributed by atoms with Gasteiger partial charge >= 0.3 is 5.97 Å². The summed E-state index contributed by atoms with van der Waals surface area (Å²) in [5.74, 6) is -3.63. The fraction of sp³-hybridized carbons (Fsp3) is 0.750. The molecule has 0 aromatic rings. The van der Waals surface area contributed by atoms with E-state index < -0.39 is 60.6 Å². The molecule has 156 valence electrons. The van der Waals surface area contributed by atoms with E-state index in [0.29, 0.717) is 0 Å². The molecule has 0 heterocycles. The van der Waals surface area contributed by atoms with Crippen molar-refractivity contribution in [2.45, 2.75) is 64.4 Å². The molecule has 0 radical (unpaired) electrons. The van der Waals surface area contributed by atoms with Crippen LogP contribution in [0, 0.1) is 5.92 Å². The van der Waals surface area contributed by atoms with Crippen LogP contribution in [0.5, 0.6) is 0 Å². The van der Waals surface area contributed by atoms with Crippen molar-refractivity contribution in [3.63, 3.8) is 0 Å². The predicted octanol–water partition coefficient (Wildman–Crippen LogP) is -2.71. The maximum Gasteiger partial charge on any atom is 0.322 e. The molecule has 0 bridgehead atoms. The molecule has 0 rings (SSSR count). The lowest BCUT2D eigenvalue weighted by Crippen LogP contribution is -2.60. The van der Waals surface area contributed by atoms with Crippen LogP contribution in [-0.2, 0) is 19.2 Å². The van der Waals surface area contributed by atoms with Crippen molar-refractivity contribution in [3.05, 3.63) is 0 Å². The van der Waals surface area contributed by atoms with E-state index >= 15 is 0 Å². The van der Waals surface area contributed by atoms with Crippen molar-refractivity contribution in [1.82, 2.24) is 16.0 Å². The van der Waals surface area contributed by atoms with Crippen LogP contribution in [0.3, 0.4) is 0 Å². The highest BCUT2D eigenvalue weighted by molar-refractivity contribution is 5.94. The van der Waals surface area contributed by atoms with Gasteiger partial charge in [-0.25, -0.2) is 0 Å². The molecule has 5 atom stereocenters. The number of aliphatic hydroxyl groups excluding tert-OH is 2. The molecule has 0 saturated carbocycles. The average molecular weight is 390 g/mol. The molecule has 8 N–H and O–H groups in total. The zero-order valence-corrected chi connectivity index (χ0v) is 15.9. The van der Waals surface area contributed by atoms with Gasteiger partial charge in [-0.05, 0) is 26.2 Å². The molecular weight excluding hydrogens is 360 g/mol. The Labute approximate surface area is 157 Å². The van der Waals surface area contributed by atoms with E-state index in [9.17, 15) is 29.4 Å². The van der Waals surface area contributed by atoms with Gasteiger partial charge in [-0.1, -0.05) is 13.8 Å². The van der Waals surface area contributed by atoms with E-state index in [1.165, 1.54) is 13.8 Å². The zero-order chi connectivity index (χ0) is 21.3. The highest BCUT2D eigenvalue weighted by Gasteiger charge is 2.32. The number of amides is 3. The Balaban J connectivity index is 5.18. The minimum atomic E-state index is -1.41. The summed E-state index contributed by atoms with van der Waals surface area (Å²) in [7, 11) is 0. The third-order valence-electron chi connectivity index (χ3n) is 3.64. The molecule has 0 spiro atoms. The van der Waals surface area contributed by atoms with Crippen LogP contribution in [0.2, 0.25) is 0 Å². The number of carbonyl (C=O) groups excluding carboxylic acids is 3. The lowest BCUT2D eigenvalue weighted by molar-refractivity contribution is -0.139. The number of hydrogen-bond donors (Lipinski definition) is 7. The first kappa shape index (κ1) is 24.8. The van der Waals surface area contributed by atoms with Crippen molar-refractivity contribution < 1.29 is 34.5 Å². The van der Waals surface area contributed by atoms with Gasteiger partial charge in [-0.2, -0.15) is 0 Å². The molecule has 0 fully saturated rings. The summed E-state index contributed by atoms with van der Waals surface area (Å²) in [6.07, 6.45) is -2.26. The first-order valence-corrected chi connectivity index (χ1v) is 8.58. The molecule has 0 aliphatic carbocycles. The minimum absolute atomic E-state index is 0.00544. The zero-order valence-electron chi connectivity index (χ0n) is 15.9. The van der Waals surface area contributed by atoms with Crippen LogP contribution < -0.4 is 21.7 Å². The number of hydrogen-bond acceptors (Lipinski definition) is 7. The smallest absolute Gasteiger partial charge is 0.322 e. The number of carbonyl (C=O) groups is 4. The van der Waals surface area contributed by atoms with Crippen molar-refractivity contribution in [2.24, 2.45) is 11.7 Å². The number of nitrogens with one attached hydrogen (secondary N) is 3. The van der Waals surface area contributed by atoms with Gasteiger partial charge in [0.2, 0.25) is 17.7 Å². The van der Waals surface area contributed by atoms with Gasteiger partial charge in [-0.15, -0.1) is 0 Å². The molecule has 5 unspecified atom stereocenters. The molecule has 0 saturated heterocycles. The Hall–Kier alpha value is -2.24. The monoisotopic (exact) mass is 390 g/mol. The van der Waals surface area contributed by atoms with Crippen LogP contribution in [0.25, 0.3) is 0 Å². The van der Waals surface area contributed by atoms with Crippen molar-refractivity contribution >= 4 is 23.7 Å². The first-order chi connectivity index (χ1) is 12.4. The van der Waals surface area contributed by atoms with E-state index in [1.54, 1.807) is 13.8 Å². The second kappa shape index (κ2) is 11.5. The summed E-state index contributed by atoms with van der Waals surface area (Å²) in [6, 6.07) is -3.77. The first-order valence-electron chi connectivity index (χ1n) is 8.58. The topological polar surface area (TPSA) is 191 Å². The normalized spacial score (nSPS) is 16.6. The van der Waals surface area contributed by atoms with Crippen molar-refractivity contribution in [1.29, 1.82) is 0 Å². The molecular formula is C16H30N4O7. The maximum absolute atomic E-state index is 12.5. The van der Waals surface area contributed by atoms with Crippen molar-refractivity contribution in [3.8, 4) is 0 Å². The van der Waals surface area contributed by atoms with E-state index in [0.717, 1.165) is 0 Å². The highest BCUT2D eigenvalue weighted by Crippen LogP contribution is 2.06. The lowest BCUT2D eigenvalue weighted by Gasteiger charge is -2.26. The van der Waals surface area contributed by atoms with E-state index in [-0.39, 0.29) is 12.3 Å². The van der Waals surface area contributed by atoms with Gasteiger partial charge in [0.1, 0.15) is 24.7 Å². The van der Waals surface area contributed by atoms with Crippen LogP contribution in [-0.4, -0.2) is 75.9 Å². The van der Waals surface area contributed by atoms with E-state index in [4.69, 9.17) is 10.8 Å². The lowest BCUT2D eigenvalue weighted by atomic mass is 10.0. The van der Waals surface area contributed by atoms with E-state index in [2.05, 4.69) is 16.0 Å². The Morgan fingerprint density at radius 3 is 1.85 bits per heavy atom. The van der Waals surface area contributed by atoms with Gasteiger partial charge in [0, 0.05) is 0 Å². The average Bonchev–Trinajstić information content (AvgIpc) is 2.54. The van der Waals surface area contributed by atoms with Crippen LogP contribution in [0.4, 0.5) is 0 Å². The van der Waals surface area contributed by atoms with Gasteiger partial charge in [0.05, 0.1) is 12.2 Å². The van der Waals surface area contributed by atoms with Crippen molar-refractivity contribution in [2.75, 3.05) is 6.54 Å². The molecule has 0 aliphatic heterocycles. The molecule has 0 aliphatic rings. The molecule has 0 aromatic carbocycles. The number of aliphatic hydroxyl groups is 2. The van der Waals surface area contributed by atoms with Gasteiger partial charge in [-0.3, -0.25) is 19.2 Å². The summed E-state index contributed by atoms with van der Waals surface area (Å²) < 4.78 is 0. The van der Waals surface area contributed by atoms with Gasteiger partial charge in [0.25, 0.3) is 0 Å². The Bertz CT molecular complexity index is 537. The number of carboxylic acid groups (broad SMARTS) is 1. The fourth-order valence-electron chi connectivity index (χ4n) is 2.12. The SMILES string of the molecule is CC(C)CC(NC(=O)C(NC(=O)C(N)C(C)O)C(C)O)C(=O)NCC(=O)O. The third-order valence-corrected chi connectivity index (χ3v) is 3.64. The molecule has 11 nitrogen and oxygen atoms in total. The summed E-state index contributed by atoms with van der Waals surface area (Å²) in [5, 5.41) is 34.6. The van der Waals surface area contributed by atoms with E-state index in [1.807, 2.05) is 0 Å². The highest BCUT2D eigenvalue weighted by atomic mass is 16.4. The Morgan fingerprint density at radius 2 is 1.44 bits per heavy atom. The third kappa shape index (κ3) is 9.31. The number of carboxylic acids is 1. The fourth-order valence-corrected chi connectivity index (χ4v) is 2.12. The predicted molar refractivity (Wildman–Crippen MR) is 95.3 cm³/mol. The summed E-state index contributed by atoms with van der Waals surface area (Å²) in [6.45, 7) is 5.56. The summed E-state index contributed by atoms with van der Waals surface area (Å²) >= 11 is 0. The molecule has 11 heteroatoms. The van der Waals surface area contributed by atoms with Crippen LogP contribution >= 0.6 is 0 Å². The summed E-state index contributed by atoms with van der Waals surface area (Å²) in [5.41, 5.74) is 5.50. The minimum Gasteiger partial charge on any atom is -0.480 e. The largest absolute Gasteiger partial charge is 0.480 e. The number of nitrogens with two attached hydrogens (primary N) is 1. The van der Waals surface area contributed by atoms with Crippen LogP contribution in [0.1, 0.15) is 34.1 Å². The molecule has 0 aromatic heterocycles. The van der Waals surface area contributed by atoms with Gasteiger partial charge in [0.15, 0.2) is 0 Å². The Morgan fingerprint density at radius 1 is 0.889 bits per heavy atom. The maximum atomic E-state index is 12.5. The second-order valence-corrected chi connectivity index (χ2v) is 6.80. The second-order valence-electron chi connectivity index (χ2n) is 6.80. The number of aliphatic carboxylic acids is 1. The number of rotatable bonds is 11. The summed E-state index contributed by atoms with van der Waals surface area (Å²) in [4.78, 5) is 47.1. The standard InChI is InChI=1S/C16H30N4O7/c1-7(2)5-10(14(25)18-6-11(23)24)19-16(27)13(9(4)22)20-15(26)12(17)8(3)21/h7-10,12-13,21-22H,5-6,17H2,1-4H3,(H,18,25)(H,19,27)(H,20,26)(H,23,24). The van der Waals surface area contributed by atoms with Crippen LogP contribution in [0.15, 0.2) is 0 Å². The van der Waals surface area contributed by atoms with Gasteiger partial charge < -0.3 is 37.0 Å².